The number of fused-ring (bicyclic) bond motifs is 1. The van der Waals surface area contributed by atoms with Crippen LogP contribution in [0.5, 0.6) is 0 Å². The van der Waals surface area contributed by atoms with Gasteiger partial charge in [0.15, 0.2) is 0 Å². The minimum absolute atomic E-state index is 0.132. The van der Waals surface area contributed by atoms with Crippen molar-refractivity contribution in [2.24, 2.45) is 0 Å². The number of aryl methyl sites for hydroxylation is 1. The van der Waals surface area contributed by atoms with Crippen molar-refractivity contribution < 1.29 is 22.3 Å². The number of carbonyl (C=O) groups excluding carboxylic acids is 1. The second kappa shape index (κ2) is 9.46. The summed E-state index contributed by atoms with van der Waals surface area (Å²) in [6.07, 6.45) is 0. The maximum atomic E-state index is 14.5. The van der Waals surface area contributed by atoms with Gasteiger partial charge in [0.1, 0.15) is 10.8 Å². The van der Waals surface area contributed by atoms with Gasteiger partial charge < -0.3 is 10.1 Å². The maximum absolute atomic E-state index is 14.5. The molecule has 10 heteroatoms. The molecule has 1 N–H and O–H groups in total. The monoisotopic (exact) mass is 511 g/mol. The molecule has 1 saturated heterocycles. The predicted octanol–water partition coefficient (Wildman–Crippen LogP) is 4.68. The summed E-state index contributed by atoms with van der Waals surface area (Å²) in [7, 11) is -3.86. The van der Waals surface area contributed by atoms with E-state index in [9.17, 15) is 17.6 Å². The number of sulfonamides is 1. The van der Waals surface area contributed by atoms with Crippen LogP contribution in [0, 0.1) is 12.7 Å². The number of rotatable bonds is 5. The molecule has 4 aromatic rings. The van der Waals surface area contributed by atoms with Crippen molar-refractivity contribution >= 4 is 43.2 Å². The molecule has 0 unspecified atom stereocenters. The summed E-state index contributed by atoms with van der Waals surface area (Å²) in [5, 5.41) is 3.50. The fraction of sp³-hybridized carbons (Fsp3) is 0.200. The van der Waals surface area contributed by atoms with E-state index in [1.54, 1.807) is 23.5 Å². The molecular weight excluding hydrogens is 489 g/mol. The number of nitrogens with zero attached hydrogens (tertiary/aromatic N) is 2. The van der Waals surface area contributed by atoms with Crippen molar-refractivity contribution in [1.82, 2.24) is 9.29 Å². The maximum Gasteiger partial charge on any atom is 0.258 e. The Morgan fingerprint density at radius 2 is 1.80 bits per heavy atom. The Labute approximate surface area is 206 Å². The van der Waals surface area contributed by atoms with Gasteiger partial charge in [-0.15, -0.1) is 11.3 Å². The van der Waals surface area contributed by atoms with E-state index >= 15 is 0 Å². The molecule has 35 heavy (non-hydrogen) atoms. The number of amides is 1. The van der Waals surface area contributed by atoms with Gasteiger partial charge in [-0.1, -0.05) is 6.07 Å². The van der Waals surface area contributed by atoms with Gasteiger partial charge >= 0.3 is 0 Å². The molecule has 0 saturated carbocycles. The van der Waals surface area contributed by atoms with Crippen LogP contribution in [0.15, 0.2) is 65.6 Å². The lowest BCUT2D eigenvalue weighted by atomic mass is 10.1. The van der Waals surface area contributed by atoms with E-state index in [1.807, 2.05) is 31.2 Å². The van der Waals surface area contributed by atoms with E-state index in [0.717, 1.165) is 32.9 Å². The Bertz CT molecular complexity index is 1510. The molecule has 1 amide bonds. The number of morpholine rings is 1. The van der Waals surface area contributed by atoms with E-state index in [0.29, 0.717) is 18.9 Å². The molecule has 1 aliphatic heterocycles. The van der Waals surface area contributed by atoms with E-state index in [1.165, 1.54) is 15.9 Å². The summed E-state index contributed by atoms with van der Waals surface area (Å²) < 4.78 is 47.8. The van der Waals surface area contributed by atoms with Crippen molar-refractivity contribution in [3.05, 3.63) is 77.6 Å². The van der Waals surface area contributed by atoms with Crippen LogP contribution in [0.1, 0.15) is 15.9 Å². The predicted molar refractivity (Wildman–Crippen MR) is 134 cm³/mol. The number of benzene rings is 3. The van der Waals surface area contributed by atoms with Crippen LogP contribution in [-0.2, 0) is 14.8 Å². The number of anilines is 1. The quantitative estimate of drug-likeness (QED) is 0.420. The zero-order chi connectivity index (χ0) is 24.6. The average molecular weight is 512 g/mol. The first-order valence-corrected chi connectivity index (χ1v) is 13.2. The fourth-order valence-electron chi connectivity index (χ4n) is 3.82. The smallest absolute Gasteiger partial charge is 0.258 e. The third-order valence-corrected chi connectivity index (χ3v) is 8.69. The molecule has 0 spiro atoms. The van der Waals surface area contributed by atoms with Crippen molar-refractivity contribution in [1.29, 1.82) is 0 Å². The SMILES string of the molecule is Cc1ccc2nc(-c3ccc(NC(=O)c4cc(S(=O)(=O)N5CCOCC5)ccc4F)cc3)sc2c1. The van der Waals surface area contributed by atoms with Crippen LogP contribution < -0.4 is 5.32 Å². The number of carbonyl (C=O) groups is 1. The lowest BCUT2D eigenvalue weighted by Gasteiger charge is -2.26. The van der Waals surface area contributed by atoms with Gasteiger partial charge in [-0.2, -0.15) is 4.31 Å². The first-order chi connectivity index (χ1) is 16.8. The zero-order valence-corrected chi connectivity index (χ0v) is 20.5. The fourth-order valence-corrected chi connectivity index (χ4v) is 6.33. The first kappa shape index (κ1) is 23.6. The highest BCUT2D eigenvalue weighted by Crippen LogP contribution is 2.31. The minimum Gasteiger partial charge on any atom is -0.379 e. The molecule has 0 radical (unpaired) electrons. The van der Waals surface area contributed by atoms with Crippen molar-refractivity contribution in [3.8, 4) is 10.6 Å². The molecule has 0 atom stereocenters. The Morgan fingerprint density at radius 1 is 1.06 bits per heavy atom. The van der Waals surface area contributed by atoms with E-state index in [2.05, 4.69) is 16.4 Å². The number of halogens is 1. The van der Waals surface area contributed by atoms with Gasteiger partial charge in [0.05, 0.1) is 33.9 Å². The standard InChI is InChI=1S/C25H22FN3O4S2/c1-16-2-9-22-23(14-16)34-25(28-22)17-3-5-18(6-4-17)27-24(30)20-15-19(7-8-21(20)26)35(31,32)29-10-12-33-13-11-29/h2-9,14-15H,10-13H2,1H3,(H,27,30). The number of thiazole rings is 1. The Kier molecular flexibility index (Phi) is 6.37. The number of aromatic nitrogens is 1. The summed E-state index contributed by atoms with van der Waals surface area (Å²) in [6.45, 7) is 3.04. The highest BCUT2D eigenvalue weighted by Gasteiger charge is 2.28. The molecular formula is C25H22FN3O4S2. The van der Waals surface area contributed by atoms with Crippen LogP contribution in [0.4, 0.5) is 10.1 Å². The molecule has 2 heterocycles. The normalized spacial score (nSPS) is 14.8. The van der Waals surface area contributed by atoms with Gasteiger partial charge in [0.25, 0.3) is 5.91 Å². The van der Waals surface area contributed by atoms with E-state index < -0.39 is 21.7 Å². The summed E-state index contributed by atoms with van der Waals surface area (Å²) in [6, 6.07) is 16.4. The van der Waals surface area contributed by atoms with Gasteiger partial charge in [-0.05, 0) is 67.1 Å². The number of hydrogen-bond acceptors (Lipinski definition) is 6. The molecule has 3 aromatic carbocycles. The van der Waals surface area contributed by atoms with Crippen LogP contribution >= 0.6 is 11.3 Å². The summed E-state index contributed by atoms with van der Waals surface area (Å²) >= 11 is 1.58. The van der Waals surface area contributed by atoms with Gasteiger partial charge in [0, 0.05) is 24.3 Å². The summed E-state index contributed by atoms with van der Waals surface area (Å²) in [5.41, 5.74) is 3.10. The van der Waals surface area contributed by atoms with Crippen LogP contribution in [0.3, 0.4) is 0 Å². The topological polar surface area (TPSA) is 88.6 Å². The number of ether oxygens (including phenoxy) is 1. The van der Waals surface area contributed by atoms with Crippen molar-refractivity contribution in [2.45, 2.75) is 11.8 Å². The third kappa shape index (κ3) is 4.83. The molecule has 0 bridgehead atoms. The zero-order valence-electron chi connectivity index (χ0n) is 18.8. The van der Waals surface area contributed by atoms with Crippen LogP contribution in [0.25, 0.3) is 20.8 Å². The summed E-state index contributed by atoms with van der Waals surface area (Å²) in [4.78, 5) is 17.3. The molecule has 1 fully saturated rings. The van der Waals surface area contributed by atoms with Crippen molar-refractivity contribution in [2.75, 3.05) is 31.6 Å². The van der Waals surface area contributed by atoms with Gasteiger partial charge in [-0.3, -0.25) is 4.79 Å². The molecule has 1 aromatic heterocycles. The number of nitrogens with one attached hydrogen (secondary N) is 1. The van der Waals surface area contributed by atoms with E-state index in [4.69, 9.17) is 4.74 Å². The van der Waals surface area contributed by atoms with E-state index in [-0.39, 0.29) is 23.5 Å². The Hall–Kier alpha value is -3.18. The molecule has 180 valence electrons. The second-order valence-corrected chi connectivity index (χ2v) is 11.1. The molecule has 0 aliphatic carbocycles. The third-order valence-electron chi connectivity index (χ3n) is 5.72. The Morgan fingerprint density at radius 3 is 2.54 bits per heavy atom. The lowest BCUT2D eigenvalue weighted by molar-refractivity contribution is 0.0730. The average Bonchev–Trinajstić information content (AvgIpc) is 3.28. The largest absolute Gasteiger partial charge is 0.379 e. The lowest BCUT2D eigenvalue weighted by Crippen LogP contribution is -2.40. The van der Waals surface area contributed by atoms with Crippen LogP contribution in [0.2, 0.25) is 0 Å². The molecule has 7 nitrogen and oxygen atoms in total. The summed E-state index contributed by atoms with van der Waals surface area (Å²) in [5.74, 6) is -1.53. The van der Waals surface area contributed by atoms with Crippen LogP contribution in [-0.4, -0.2) is 49.9 Å². The Balaban J connectivity index is 1.35. The van der Waals surface area contributed by atoms with Crippen molar-refractivity contribution in [3.63, 3.8) is 0 Å². The molecule has 1 aliphatic rings. The minimum atomic E-state index is -3.86. The van der Waals surface area contributed by atoms with Gasteiger partial charge in [-0.25, -0.2) is 17.8 Å². The molecule has 5 rings (SSSR count). The first-order valence-electron chi connectivity index (χ1n) is 11.0. The second-order valence-electron chi connectivity index (χ2n) is 8.18. The highest BCUT2D eigenvalue weighted by molar-refractivity contribution is 7.89. The number of hydrogen-bond donors (Lipinski definition) is 1. The van der Waals surface area contributed by atoms with Gasteiger partial charge in [0.2, 0.25) is 10.0 Å². The highest BCUT2D eigenvalue weighted by atomic mass is 32.2.